The summed E-state index contributed by atoms with van der Waals surface area (Å²) >= 11 is 11.5. The molecule has 0 fully saturated rings. The van der Waals surface area contributed by atoms with E-state index in [9.17, 15) is 5.11 Å². The number of rotatable bonds is 4. The molecule has 0 heterocycles. The van der Waals surface area contributed by atoms with Gasteiger partial charge in [0.25, 0.3) is 0 Å². The van der Waals surface area contributed by atoms with E-state index in [1.165, 1.54) is 0 Å². The Morgan fingerprint density at radius 3 is 2.40 bits per heavy atom. The molecule has 3 nitrogen and oxygen atoms in total. The smallest absolute Gasteiger partial charge is 0.152 e. The monoisotopic (exact) mass is 249 g/mol. The Hall–Kier alpha value is -0.640. The van der Waals surface area contributed by atoms with Crippen molar-refractivity contribution in [1.82, 2.24) is 0 Å². The predicted octanol–water partition coefficient (Wildman–Crippen LogP) is 3.15. The van der Waals surface area contributed by atoms with E-state index in [0.29, 0.717) is 6.61 Å². The minimum atomic E-state index is -0.0942. The summed E-state index contributed by atoms with van der Waals surface area (Å²) in [6.07, 6.45) is 0. The van der Waals surface area contributed by atoms with Crippen LogP contribution in [0.4, 0.5) is 5.69 Å². The molecule has 1 rings (SSSR count). The van der Waals surface area contributed by atoms with Crippen LogP contribution in [0.15, 0.2) is 12.1 Å². The van der Waals surface area contributed by atoms with Gasteiger partial charge < -0.3 is 15.2 Å². The van der Waals surface area contributed by atoms with Crippen molar-refractivity contribution in [2.75, 3.05) is 19.0 Å². The van der Waals surface area contributed by atoms with Crippen LogP contribution in [-0.4, -0.2) is 24.9 Å². The van der Waals surface area contributed by atoms with E-state index >= 15 is 0 Å². The SMILES string of the molecule is COCC(C)Nc1cc(Cl)c(O)c(Cl)c1. The van der Waals surface area contributed by atoms with Gasteiger partial charge in [0.2, 0.25) is 0 Å². The molecule has 1 atom stereocenters. The Morgan fingerprint density at radius 1 is 1.40 bits per heavy atom. The first-order valence-electron chi connectivity index (χ1n) is 4.48. The third-order valence-corrected chi connectivity index (χ3v) is 2.42. The zero-order valence-corrected chi connectivity index (χ0v) is 10.1. The van der Waals surface area contributed by atoms with Gasteiger partial charge in [-0.1, -0.05) is 23.2 Å². The largest absolute Gasteiger partial charge is 0.505 e. The maximum absolute atomic E-state index is 9.35. The Labute approximate surface area is 99.0 Å². The molecular weight excluding hydrogens is 237 g/mol. The third kappa shape index (κ3) is 3.45. The van der Waals surface area contributed by atoms with E-state index in [1.807, 2.05) is 6.92 Å². The maximum Gasteiger partial charge on any atom is 0.152 e. The standard InChI is InChI=1S/C10H13Cl2NO2/c1-6(5-15-2)13-7-3-8(11)10(14)9(12)4-7/h3-4,6,13-14H,5H2,1-2H3. The summed E-state index contributed by atoms with van der Waals surface area (Å²) < 4.78 is 4.98. The van der Waals surface area contributed by atoms with Gasteiger partial charge in [0.15, 0.2) is 5.75 Å². The summed E-state index contributed by atoms with van der Waals surface area (Å²) in [7, 11) is 1.63. The number of aromatic hydroxyl groups is 1. The molecule has 1 unspecified atom stereocenters. The number of hydrogen-bond donors (Lipinski definition) is 2. The summed E-state index contributed by atoms with van der Waals surface area (Å²) in [6, 6.07) is 3.39. The van der Waals surface area contributed by atoms with Crippen molar-refractivity contribution < 1.29 is 9.84 Å². The van der Waals surface area contributed by atoms with Gasteiger partial charge in [-0.15, -0.1) is 0 Å². The summed E-state index contributed by atoms with van der Waals surface area (Å²) in [4.78, 5) is 0. The first-order chi connectivity index (χ1) is 7.04. The fraction of sp³-hybridized carbons (Fsp3) is 0.400. The molecule has 0 aliphatic carbocycles. The number of phenols is 1. The number of benzene rings is 1. The zero-order chi connectivity index (χ0) is 11.4. The second kappa shape index (κ2) is 5.45. The molecule has 0 amide bonds. The molecule has 0 aliphatic heterocycles. The first-order valence-corrected chi connectivity index (χ1v) is 5.23. The van der Waals surface area contributed by atoms with Crippen molar-refractivity contribution in [3.05, 3.63) is 22.2 Å². The normalized spacial score (nSPS) is 12.5. The highest BCUT2D eigenvalue weighted by atomic mass is 35.5. The Balaban J connectivity index is 2.78. The fourth-order valence-electron chi connectivity index (χ4n) is 1.23. The third-order valence-electron chi connectivity index (χ3n) is 1.85. The number of hydrogen-bond acceptors (Lipinski definition) is 3. The Morgan fingerprint density at radius 2 is 1.93 bits per heavy atom. The summed E-state index contributed by atoms with van der Waals surface area (Å²) in [5.41, 5.74) is 0.757. The predicted molar refractivity (Wildman–Crippen MR) is 63.1 cm³/mol. The fourth-order valence-corrected chi connectivity index (χ4v) is 1.71. The lowest BCUT2D eigenvalue weighted by Gasteiger charge is -2.15. The molecule has 0 bridgehead atoms. The molecule has 84 valence electrons. The van der Waals surface area contributed by atoms with E-state index in [-0.39, 0.29) is 21.8 Å². The highest BCUT2D eigenvalue weighted by Crippen LogP contribution is 2.34. The molecule has 0 saturated heterocycles. The van der Waals surface area contributed by atoms with E-state index < -0.39 is 0 Å². The molecule has 2 N–H and O–H groups in total. The number of ether oxygens (including phenoxy) is 1. The van der Waals surface area contributed by atoms with Crippen LogP contribution in [0.3, 0.4) is 0 Å². The maximum atomic E-state index is 9.35. The van der Waals surface area contributed by atoms with Crippen LogP contribution in [-0.2, 0) is 4.74 Å². The number of anilines is 1. The van der Waals surface area contributed by atoms with Crippen LogP contribution >= 0.6 is 23.2 Å². The Bertz CT molecular complexity index is 321. The molecule has 0 radical (unpaired) electrons. The quantitative estimate of drug-likeness (QED) is 0.806. The average molecular weight is 250 g/mol. The number of nitrogens with one attached hydrogen (secondary N) is 1. The topological polar surface area (TPSA) is 41.5 Å². The molecule has 0 aliphatic rings. The van der Waals surface area contributed by atoms with Crippen LogP contribution < -0.4 is 5.32 Å². The highest BCUT2D eigenvalue weighted by Gasteiger charge is 2.08. The van der Waals surface area contributed by atoms with Crippen LogP contribution in [0.1, 0.15) is 6.92 Å². The zero-order valence-electron chi connectivity index (χ0n) is 8.55. The number of methoxy groups -OCH3 is 1. The average Bonchev–Trinajstić information content (AvgIpc) is 2.14. The van der Waals surface area contributed by atoms with Gasteiger partial charge in [0, 0.05) is 18.8 Å². The van der Waals surface area contributed by atoms with Gasteiger partial charge in [-0.2, -0.15) is 0 Å². The van der Waals surface area contributed by atoms with Crippen molar-refractivity contribution in [2.24, 2.45) is 0 Å². The van der Waals surface area contributed by atoms with Gasteiger partial charge in [-0.05, 0) is 19.1 Å². The van der Waals surface area contributed by atoms with Gasteiger partial charge in [-0.3, -0.25) is 0 Å². The van der Waals surface area contributed by atoms with Crippen molar-refractivity contribution in [3.63, 3.8) is 0 Å². The first kappa shape index (κ1) is 12.4. The summed E-state index contributed by atoms with van der Waals surface area (Å²) in [5, 5.41) is 13.0. The minimum absolute atomic E-state index is 0.0942. The van der Waals surface area contributed by atoms with Gasteiger partial charge in [0.05, 0.1) is 16.7 Å². The van der Waals surface area contributed by atoms with Gasteiger partial charge >= 0.3 is 0 Å². The van der Waals surface area contributed by atoms with Crippen LogP contribution in [0.25, 0.3) is 0 Å². The molecular formula is C10H13Cl2NO2. The summed E-state index contributed by atoms with van der Waals surface area (Å²) in [5.74, 6) is -0.0942. The molecule has 0 saturated carbocycles. The van der Waals surface area contributed by atoms with Crippen molar-refractivity contribution >= 4 is 28.9 Å². The summed E-state index contributed by atoms with van der Waals surface area (Å²) in [6.45, 7) is 2.55. The van der Waals surface area contributed by atoms with Gasteiger partial charge in [0.1, 0.15) is 0 Å². The molecule has 1 aromatic carbocycles. The van der Waals surface area contributed by atoms with E-state index in [2.05, 4.69) is 5.32 Å². The lowest BCUT2D eigenvalue weighted by molar-refractivity contribution is 0.190. The molecule has 15 heavy (non-hydrogen) atoms. The number of phenolic OH excluding ortho intramolecular Hbond substituents is 1. The van der Waals surface area contributed by atoms with E-state index in [0.717, 1.165) is 5.69 Å². The van der Waals surface area contributed by atoms with E-state index in [1.54, 1.807) is 19.2 Å². The second-order valence-corrected chi connectivity index (χ2v) is 4.10. The molecule has 5 heteroatoms. The van der Waals surface area contributed by atoms with Crippen molar-refractivity contribution in [1.29, 1.82) is 0 Å². The van der Waals surface area contributed by atoms with Crippen LogP contribution in [0.2, 0.25) is 10.0 Å². The number of halogens is 2. The Kier molecular flexibility index (Phi) is 4.51. The minimum Gasteiger partial charge on any atom is -0.505 e. The molecule has 0 aromatic heterocycles. The van der Waals surface area contributed by atoms with Crippen LogP contribution in [0.5, 0.6) is 5.75 Å². The molecule has 0 spiro atoms. The van der Waals surface area contributed by atoms with Crippen LogP contribution in [0, 0.1) is 0 Å². The second-order valence-electron chi connectivity index (χ2n) is 3.29. The molecule has 1 aromatic rings. The lowest BCUT2D eigenvalue weighted by atomic mass is 10.2. The van der Waals surface area contributed by atoms with Gasteiger partial charge in [-0.25, -0.2) is 0 Å². The van der Waals surface area contributed by atoms with Crippen molar-refractivity contribution in [3.8, 4) is 5.75 Å². The highest BCUT2D eigenvalue weighted by molar-refractivity contribution is 6.37. The van der Waals surface area contributed by atoms with E-state index in [4.69, 9.17) is 27.9 Å². The van der Waals surface area contributed by atoms with Crippen molar-refractivity contribution in [2.45, 2.75) is 13.0 Å². The lowest BCUT2D eigenvalue weighted by Crippen LogP contribution is -2.20.